The van der Waals surface area contributed by atoms with Crippen molar-refractivity contribution in [1.29, 1.82) is 0 Å². The lowest BCUT2D eigenvalue weighted by Crippen LogP contribution is -2.14. The first kappa shape index (κ1) is 32.5. The lowest BCUT2D eigenvalue weighted by atomic mass is 9.80. The van der Waals surface area contributed by atoms with Gasteiger partial charge in [-0.2, -0.15) is 0 Å². The zero-order chi connectivity index (χ0) is 38.2. The van der Waals surface area contributed by atoms with E-state index in [0.717, 1.165) is 21.9 Å². The fourth-order valence-electron chi connectivity index (χ4n) is 10.6. The van der Waals surface area contributed by atoms with Gasteiger partial charge in [0, 0.05) is 21.6 Å². The molecule has 0 amide bonds. The average molecular weight is 729 g/mol. The van der Waals surface area contributed by atoms with E-state index in [4.69, 9.17) is 4.42 Å². The highest BCUT2D eigenvalue weighted by Gasteiger charge is 2.37. The summed E-state index contributed by atoms with van der Waals surface area (Å²) in [6.07, 6.45) is 0. The second-order valence-electron chi connectivity index (χ2n) is 17.2. The molecular formula is C56H40O. The molecule has 0 fully saturated rings. The maximum atomic E-state index is 6.30. The van der Waals surface area contributed by atoms with Crippen LogP contribution in [0.15, 0.2) is 174 Å². The lowest BCUT2D eigenvalue weighted by molar-refractivity contribution is 0.660. The van der Waals surface area contributed by atoms with Crippen molar-refractivity contribution in [3.8, 4) is 55.6 Å². The Labute approximate surface area is 332 Å². The second kappa shape index (κ2) is 11.4. The molecule has 0 saturated carbocycles. The summed E-state index contributed by atoms with van der Waals surface area (Å²) in [5.41, 5.74) is 20.1. The van der Waals surface area contributed by atoms with Gasteiger partial charge in [-0.3, -0.25) is 0 Å². The van der Waals surface area contributed by atoms with Crippen LogP contribution in [0, 0.1) is 0 Å². The highest BCUT2D eigenvalue weighted by molar-refractivity contribution is 6.23. The molecule has 0 saturated heterocycles. The van der Waals surface area contributed by atoms with Crippen LogP contribution in [0.25, 0.3) is 99.1 Å². The molecule has 0 aliphatic heterocycles. The molecule has 270 valence electrons. The van der Waals surface area contributed by atoms with Gasteiger partial charge in [-0.1, -0.05) is 161 Å². The van der Waals surface area contributed by atoms with Crippen LogP contribution in [0.5, 0.6) is 0 Å². The SMILES string of the molecule is CC1(C)c2ccccc2-c2ccc(-c3ccc4c(-c5ccc6oc7ccccc7c6c5)c5ccccc5c(-c5ccc6c(c5)C(C)(C)c5ccccc5-6)c4c3)cc21. The minimum atomic E-state index is -0.101. The van der Waals surface area contributed by atoms with Crippen LogP contribution < -0.4 is 0 Å². The fourth-order valence-corrected chi connectivity index (χ4v) is 10.6. The maximum absolute atomic E-state index is 6.30. The number of hydrogen-bond donors (Lipinski definition) is 0. The Bertz CT molecular complexity index is 3350. The van der Waals surface area contributed by atoms with Crippen molar-refractivity contribution in [2.24, 2.45) is 0 Å². The van der Waals surface area contributed by atoms with Crippen molar-refractivity contribution in [2.75, 3.05) is 0 Å². The molecule has 1 nitrogen and oxygen atoms in total. The average Bonchev–Trinajstić information content (AvgIpc) is 3.81. The van der Waals surface area contributed by atoms with Crippen LogP contribution in [0.1, 0.15) is 49.9 Å². The fraction of sp³-hybridized carbons (Fsp3) is 0.107. The van der Waals surface area contributed by atoms with Gasteiger partial charge in [0.25, 0.3) is 0 Å². The molecule has 0 bridgehead atoms. The van der Waals surface area contributed by atoms with E-state index in [0.29, 0.717) is 0 Å². The summed E-state index contributed by atoms with van der Waals surface area (Å²) in [5.74, 6) is 0. The topological polar surface area (TPSA) is 13.1 Å². The third kappa shape index (κ3) is 4.46. The van der Waals surface area contributed by atoms with Crippen LogP contribution in [-0.2, 0) is 10.8 Å². The Morgan fingerprint density at radius 1 is 0.298 bits per heavy atom. The summed E-state index contributed by atoms with van der Waals surface area (Å²) in [6, 6.07) is 63.5. The predicted octanol–water partition coefficient (Wildman–Crippen LogP) is 15.5. The van der Waals surface area contributed by atoms with E-state index in [1.54, 1.807) is 0 Å². The third-order valence-corrected chi connectivity index (χ3v) is 13.5. The molecule has 0 spiro atoms. The zero-order valence-electron chi connectivity index (χ0n) is 32.6. The molecule has 1 heteroatoms. The van der Waals surface area contributed by atoms with Gasteiger partial charge in [0.15, 0.2) is 0 Å². The Hall–Kier alpha value is -6.70. The molecule has 10 aromatic rings. The molecule has 9 aromatic carbocycles. The first-order valence-electron chi connectivity index (χ1n) is 20.2. The van der Waals surface area contributed by atoms with Gasteiger partial charge in [-0.15, -0.1) is 0 Å². The van der Waals surface area contributed by atoms with Gasteiger partial charge >= 0.3 is 0 Å². The van der Waals surface area contributed by atoms with E-state index in [1.165, 1.54) is 99.4 Å². The van der Waals surface area contributed by atoms with Gasteiger partial charge in [-0.25, -0.2) is 0 Å². The standard InChI is InChI=1S/C56H40O/c1-55(2)47-18-10-7-13-37(47)39-25-21-34(31-49(39)55)33-22-27-44-46(29-33)54(36-23-26-40-38-14-8-11-19-48(38)56(3,4)50(40)32-36)43-17-6-5-16-42(43)53(44)35-24-28-52-45(30-35)41-15-9-12-20-51(41)57-52/h5-32H,1-4H3. The predicted molar refractivity (Wildman–Crippen MR) is 240 cm³/mol. The van der Waals surface area contributed by atoms with E-state index in [9.17, 15) is 0 Å². The number of fused-ring (bicyclic) bond motifs is 11. The van der Waals surface area contributed by atoms with Gasteiger partial charge in [-0.05, 0) is 136 Å². The van der Waals surface area contributed by atoms with Gasteiger partial charge in [0.1, 0.15) is 11.2 Å². The Morgan fingerprint density at radius 3 is 1.40 bits per heavy atom. The van der Waals surface area contributed by atoms with Gasteiger partial charge in [0.05, 0.1) is 0 Å². The summed E-state index contributed by atoms with van der Waals surface area (Å²) in [6.45, 7) is 9.49. The highest BCUT2D eigenvalue weighted by Crippen LogP contribution is 2.53. The molecule has 0 unspecified atom stereocenters. The number of furan rings is 1. The normalized spacial score (nSPS) is 14.6. The summed E-state index contributed by atoms with van der Waals surface area (Å²) < 4.78 is 6.30. The molecular weight excluding hydrogens is 689 g/mol. The highest BCUT2D eigenvalue weighted by atomic mass is 16.3. The van der Waals surface area contributed by atoms with Gasteiger partial charge in [0.2, 0.25) is 0 Å². The Kier molecular flexibility index (Phi) is 6.53. The lowest BCUT2D eigenvalue weighted by Gasteiger charge is -2.23. The molecule has 0 N–H and O–H groups in total. The van der Waals surface area contributed by atoms with Crippen LogP contribution >= 0.6 is 0 Å². The van der Waals surface area contributed by atoms with Gasteiger partial charge < -0.3 is 4.42 Å². The summed E-state index contributed by atoms with van der Waals surface area (Å²) in [4.78, 5) is 0. The second-order valence-corrected chi connectivity index (χ2v) is 17.2. The van der Waals surface area contributed by atoms with Crippen molar-refractivity contribution < 1.29 is 4.42 Å². The van der Waals surface area contributed by atoms with Crippen molar-refractivity contribution in [1.82, 2.24) is 0 Å². The van der Waals surface area contributed by atoms with E-state index >= 15 is 0 Å². The third-order valence-electron chi connectivity index (χ3n) is 13.5. The number of rotatable bonds is 3. The van der Waals surface area contributed by atoms with Crippen molar-refractivity contribution in [2.45, 2.75) is 38.5 Å². The van der Waals surface area contributed by atoms with Crippen LogP contribution in [0.2, 0.25) is 0 Å². The molecule has 2 aliphatic rings. The largest absolute Gasteiger partial charge is 0.456 e. The van der Waals surface area contributed by atoms with Crippen LogP contribution in [-0.4, -0.2) is 0 Å². The molecule has 0 radical (unpaired) electrons. The summed E-state index contributed by atoms with van der Waals surface area (Å²) >= 11 is 0. The zero-order valence-corrected chi connectivity index (χ0v) is 32.6. The molecule has 57 heavy (non-hydrogen) atoms. The molecule has 12 rings (SSSR count). The Balaban J connectivity index is 1.14. The molecule has 1 heterocycles. The van der Waals surface area contributed by atoms with Crippen LogP contribution in [0.4, 0.5) is 0 Å². The first-order valence-corrected chi connectivity index (χ1v) is 20.2. The molecule has 1 aromatic heterocycles. The molecule has 2 aliphatic carbocycles. The minimum absolute atomic E-state index is 0.0714. The first-order chi connectivity index (χ1) is 27.8. The van der Waals surface area contributed by atoms with Crippen molar-refractivity contribution in [3.05, 3.63) is 192 Å². The summed E-state index contributed by atoms with van der Waals surface area (Å²) in [7, 11) is 0. The van der Waals surface area contributed by atoms with E-state index in [1.807, 2.05) is 6.07 Å². The van der Waals surface area contributed by atoms with Crippen LogP contribution in [0.3, 0.4) is 0 Å². The maximum Gasteiger partial charge on any atom is 0.135 e. The van der Waals surface area contributed by atoms with E-state index < -0.39 is 0 Å². The van der Waals surface area contributed by atoms with Crippen molar-refractivity contribution >= 4 is 43.5 Å². The monoisotopic (exact) mass is 728 g/mol. The van der Waals surface area contributed by atoms with Crippen molar-refractivity contribution in [3.63, 3.8) is 0 Å². The minimum Gasteiger partial charge on any atom is -0.456 e. The van der Waals surface area contributed by atoms with E-state index in [2.05, 4.69) is 191 Å². The summed E-state index contributed by atoms with van der Waals surface area (Å²) in [5, 5.41) is 7.30. The van der Waals surface area contributed by atoms with E-state index in [-0.39, 0.29) is 10.8 Å². The number of para-hydroxylation sites is 1. The molecule has 0 atom stereocenters. The Morgan fingerprint density at radius 2 is 0.719 bits per heavy atom. The quantitative estimate of drug-likeness (QED) is 0.165. The smallest absolute Gasteiger partial charge is 0.135 e. The number of hydrogen-bond acceptors (Lipinski definition) is 1. The number of benzene rings is 9.